The quantitative estimate of drug-likeness (QED) is 0.101. The van der Waals surface area contributed by atoms with E-state index in [9.17, 15) is 0 Å². The van der Waals surface area contributed by atoms with Crippen molar-refractivity contribution in [2.45, 2.75) is 0 Å². The molecule has 39 heavy (non-hydrogen) atoms. The van der Waals surface area contributed by atoms with E-state index in [2.05, 4.69) is 143 Å². The Morgan fingerprint density at radius 2 is 0.872 bits per heavy atom. The Morgan fingerprint density at radius 1 is 0.410 bits per heavy atom. The van der Waals surface area contributed by atoms with Gasteiger partial charge in [-0.05, 0) is 43.5 Å². The summed E-state index contributed by atoms with van der Waals surface area (Å²) < 4.78 is 0. The molecule has 188 valence electrons. The Hall–Kier alpha value is -4.02. The fourth-order valence-electron chi connectivity index (χ4n) is 5.39. The van der Waals surface area contributed by atoms with Crippen LogP contribution in [0, 0.1) is 0 Å². The molecule has 0 atom stereocenters. The van der Waals surface area contributed by atoms with Gasteiger partial charge in [-0.3, -0.25) is 0 Å². The van der Waals surface area contributed by atoms with E-state index in [1.807, 2.05) is 6.07 Å². The van der Waals surface area contributed by atoms with Crippen LogP contribution in [-0.2, 0) is 0 Å². The van der Waals surface area contributed by atoms with Gasteiger partial charge in [-0.25, -0.2) is 9.97 Å². The SMILES string of the molecule is Clc1cc(-c2cccc([Si](c3ccccc3)(c3ccccc3)c3cccc(-c4ccccc4)c3)c2)nc(Cl)n1. The lowest BCUT2D eigenvalue weighted by atomic mass is 10.1. The summed E-state index contributed by atoms with van der Waals surface area (Å²) >= 11 is 12.5. The highest BCUT2D eigenvalue weighted by molar-refractivity contribution is 7.20. The number of benzene rings is 5. The van der Waals surface area contributed by atoms with E-state index in [1.165, 1.54) is 31.9 Å². The zero-order valence-electron chi connectivity index (χ0n) is 21.0. The van der Waals surface area contributed by atoms with E-state index in [-0.39, 0.29) is 5.28 Å². The molecule has 1 heterocycles. The average molecular weight is 560 g/mol. The Kier molecular flexibility index (Phi) is 7.12. The van der Waals surface area contributed by atoms with Gasteiger partial charge in [0.1, 0.15) is 5.15 Å². The van der Waals surface area contributed by atoms with Crippen LogP contribution in [0.1, 0.15) is 0 Å². The first-order valence-corrected chi connectivity index (χ1v) is 15.5. The molecule has 0 aliphatic rings. The molecule has 5 aromatic carbocycles. The number of hydrogen-bond donors (Lipinski definition) is 0. The summed E-state index contributed by atoms with van der Waals surface area (Å²) in [5.74, 6) is 0. The molecule has 0 bridgehead atoms. The molecule has 0 saturated carbocycles. The maximum absolute atomic E-state index is 6.27. The third-order valence-electron chi connectivity index (χ3n) is 7.08. The van der Waals surface area contributed by atoms with Crippen LogP contribution in [0.25, 0.3) is 22.4 Å². The average Bonchev–Trinajstić information content (AvgIpc) is 2.99. The van der Waals surface area contributed by atoms with Crippen molar-refractivity contribution in [1.82, 2.24) is 9.97 Å². The van der Waals surface area contributed by atoms with Gasteiger partial charge in [0.25, 0.3) is 0 Å². The van der Waals surface area contributed by atoms with Gasteiger partial charge in [0.15, 0.2) is 8.07 Å². The summed E-state index contributed by atoms with van der Waals surface area (Å²) in [5.41, 5.74) is 4.04. The predicted octanol–water partition coefficient (Wildman–Crippen LogP) is 6.49. The summed E-state index contributed by atoms with van der Waals surface area (Å²) in [7, 11) is -2.77. The second kappa shape index (κ2) is 11.0. The van der Waals surface area contributed by atoms with Gasteiger partial charge in [-0.1, -0.05) is 151 Å². The molecular formula is C34H24Cl2N2Si. The second-order valence-electron chi connectivity index (χ2n) is 9.35. The minimum absolute atomic E-state index is 0.132. The monoisotopic (exact) mass is 558 g/mol. The molecule has 0 N–H and O–H groups in total. The lowest BCUT2D eigenvalue weighted by Crippen LogP contribution is -2.74. The topological polar surface area (TPSA) is 25.8 Å². The smallest absolute Gasteiger partial charge is 0.218 e. The van der Waals surface area contributed by atoms with Gasteiger partial charge in [0.05, 0.1) is 5.69 Å². The maximum Gasteiger partial charge on any atom is 0.224 e. The van der Waals surface area contributed by atoms with Gasteiger partial charge in [-0.2, -0.15) is 0 Å². The van der Waals surface area contributed by atoms with Crippen molar-refractivity contribution in [1.29, 1.82) is 0 Å². The number of aromatic nitrogens is 2. The van der Waals surface area contributed by atoms with Crippen LogP contribution < -0.4 is 20.7 Å². The zero-order chi connectivity index (χ0) is 26.7. The molecule has 0 fully saturated rings. The fourth-order valence-corrected chi connectivity index (χ4v) is 10.6. The summed E-state index contributed by atoms with van der Waals surface area (Å²) in [4.78, 5) is 8.53. The predicted molar refractivity (Wildman–Crippen MR) is 167 cm³/mol. The summed E-state index contributed by atoms with van der Waals surface area (Å²) in [6.45, 7) is 0. The normalized spacial score (nSPS) is 11.3. The van der Waals surface area contributed by atoms with E-state index in [1.54, 1.807) is 6.07 Å². The molecule has 0 amide bonds. The largest absolute Gasteiger partial charge is 0.224 e. The van der Waals surface area contributed by atoms with Crippen molar-refractivity contribution in [3.8, 4) is 22.4 Å². The Labute approximate surface area is 239 Å². The lowest BCUT2D eigenvalue weighted by Gasteiger charge is -2.35. The highest BCUT2D eigenvalue weighted by Crippen LogP contribution is 2.23. The van der Waals surface area contributed by atoms with Gasteiger partial charge in [0, 0.05) is 11.6 Å². The van der Waals surface area contributed by atoms with Crippen LogP contribution in [0.3, 0.4) is 0 Å². The van der Waals surface area contributed by atoms with Crippen LogP contribution >= 0.6 is 23.2 Å². The van der Waals surface area contributed by atoms with E-state index >= 15 is 0 Å². The number of hydrogen-bond acceptors (Lipinski definition) is 2. The minimum Gasteiger partial charge on any atom is -0.218 e. The molecule has 6 aromatic rings. The van der Waals surface area contributed by atoms with Crippen LogP contribution in [0.15, 0.2) is 146 Å². The first kappa shape index (κ1) is 25.3. The Bertz CT molecular complexity index is 1670. The molecule has 0 aliphatic carbocycles. The lowest BCUT2D eigenvalue weighted by molar-refractivity contribution is 1.17. The number of rotatable bonds is 6. The molecule has 0 unspecified atom stereocenters. The molecule has 6 rings (SSSR count). The molecule has 0 aliphatic heterocycles. The van der Waals surface area contributed by atoms with Crippen molar-refractivity contribution >= 4 is 52.0 Å². The van der Waals surface area contributed by atoms with Crippen LogP contribution in [-0.4, -0.2) is 18.0 Å². The molecule has 0 spiro atoms. The number of nitrogens with zero attached hydrogens (tertiary/aromatic N) is 2. The molecular weight excluding hydrogens is 535 g/mol. The van der Waals surface area contributed by atoms with Crippen LogP contribution in [0.4, 0.5) is 0 Å². The van der Waals surface area contributed by atoms with Gasteiger partial charge in [0.2, 0.25) is 5.28 Å². The van der Waals surface area contributed by atoms with E-state index in [4.69, 9.17) is 23.2 Å². The highest BCUT2D eigenvalue weighted by atomic mass is 35.5. The van der Waals surface area contributed by atoms with Gasteiger partial charge < -0.3 is 0 Å². The van der Waals surface area contributed by atoms with Crippen molar-refractivity contribution in [3.05, 3.63) is 156 Å². The van der Waals surface area contributed by atoms with Crippen LogP contribution in [0.5, 0.6) is 0 Å². The third-order valence-corrected chi connectivity index (χ3v) is 12.2. The first-order chi connectivity index (χ1) is 19.1. The highest BCUT2D eigenvalue weighted by Gasteiger charge is 2.41. The molecule has 5 heteroatoms. The van der Waals surface area contributed by atoms with Crippen LogP contribution in [0.2, 0.25) is 10.4 Å². The first-order valence-electron chi connectivity index (χ1n) is 12.7. The molecule has 0 radical (unpaired) electrons. The zero-order valence-corrected chi connectivity index (χ0v) is 23.5. The van der Waals surface area contributed by atoms with Crippen molar-refractivity contribution in [3.63, 3.8) is 0 Å². The van der Waals surface area contributed by atoms with Crippen molar-refractivity contribution < 1.29 is 0 Å². The van der Waals surface area contributed by atoms with E-state index in [0.717, 1.165) is 5.56 Å². The third kappa shape index (κ3) is 4.93. The molecule has 2 nitrogen and oxygen atoms in total. The Morgan fingerprint density at radius 3 is 1.44 bits per heavy atom. The van der Waals surface area contributed by atoms with Crippen molar-refractivity contribution in [2.24, 2.45) is 0 Å². The maximum atomic E-state index is 6.27. The second-order valence-corrected chi connectivity index (χ2v) is 13.9. The van der Waals surface area contributed by atoms with E-state index in [0.29, 0.717) is 10.8 Å². The fraction of sp³-hybridized carbons (Fsp3) is 0. The van der Waals surface area contributed by atoms with Gasteiger partial charge in [-0.15, -0.1) is 0 Å². The summed E-state index contributed by atoms with van der Waals surface area (Å²) in [6, 6.07) is 51.7. The summed E-state index contributed by atoms with van der Waals surface area (Å²) in [6.07, 6.45) is 0. The van der Waals surface area contributed by atoms with Gasteiger partial charge >= 0.3 is 0 Å². The summed E-state index contributed by atoms with van der Waals surface area (Å²) in [5, 5.41) is 5.61. The number of halogens is 2. The Balaban J connectivity index is 1.67. The van der Waals surface area contributed by atoms with E-state index < -0.39 is 8.07 Å². The minimum atomic E-state index is -2.77. The molecule has 0 saturated heterocycles. The standard InChI is InChI=1S/C34H24Cl2N2Si/c35-33-24-32(37-34(36)38-33)27-15-11-21-31(23-27)39(28-16-6-2-7-17-28,29-18-8-3-9-19-29)30-20-10-14-26(22-30)25-12-4-1-5-13-25/h1-24H. The van der Waals surface area contributed by atoms with Crippen molar-refractivity contribution in [2.75, 3.05) is 0 Å². The molecule has 1 aromatic heterocycles.